The van der Waals surface area contributed by atoms with Crippen molar-refractivity contribution >= 4 is 5.84 Å². The van der Waals surface area contributed by atoms with Gasteiger partial charge in [-0.05, 0) is 38.4 Å². The van der Waals surface area contributed by atoms with Crippen molar-refractivity contribution in [3.8, 4) is 0 Å². The van der Waals surface area contributed by atoms with Crippen molar-refractivity contribution < 1.29 is 0 Å². The van der Waals surface area contributed by atoms with Crippen LogP contribution in [0.4, 0.5) is 0 Å². The van der Waals surface area contributed by atoms with Crippen LogP contribution in [0.25, 0.3) is 0 Å². The van der Waals surface area contributed by atoms with Crippen LogP contribution >= 0.6 is 0 Å². The van der Waals surface area contributed by atoms with E-state index in [1.807, 2.05) is 0 Å². The van der Waals surface area contributed by atoms with E-state index in [1.165, 1.54) is 11.1 Å². The Bertz CT molecular complexity index is 392. The number of hydrogen-bond acceptors (Lipinski definition) is 2. The first-order valence-corrected chi connectivity index (χ1v) is 6.27. The maximum Gasteiger partial charge on any atom is 0.0937 e. The van der Waals surface area contributed by atoms with E-state index in [0.717, 1.165) is 32.5 Å². The highest BCUT2D eigenvalue weighted by atomic mass is 15.1. The molecule has 0 bridgehead atoms. The Balaban J connectivity index is 1.88. The third kappa shape index (κ3) is 3.30. The van der Waals surface area contributed by atoms with E-state index in [1.54, 1.807) is 0 Å². The highest BCUT2D eigenvalue weighted by molar-refractivity contribution is 5.79. The molecule has 0 unspecified atom stereocenters. The molecule has 0 atom stereocenters. The number of nitrogens with two attached hydrogens (primary N) is 1. The first-order chi connectivity index (χ1) is 8.15. The Hall–Kier alpha value is -1.35. The largest absolute Gasteiger partial charge is 0.387 e. The fraction of sp³-hybridized carbons (Fsp3) is 0.500. The van der Waals surface area contributed by atoms with E-state index in [9.17, 15) is 0 Å². The van der Waals surface area contributed by atoms with Crippen LogP contribution in [0.1, 0.15) is 24.0 Å². The molecule has 0 aromatic heterocycles. The fourth-order valence-corrected chi connectivity index (χ4v) is 2.47. The molecular formula is C14H21N3. The van der Waals surface area contributed by atoms with Crippen molar-refractivity contribution in [1.29, 1.82) is 5.41 Å². The number of benzene rings is 1. The molecule has 92 valence electrons. The molecule has 1 aliphatic heterocycles. The minimum atomic E-state index is 0.309. The lowest BCUT2D eigenvalue weighted by molar-refractivity contribution is 0.201. The standard InChI is InChI=1S/C14H21N3/c1-11-3-2-4-12(9-11)10-17-7-5-13(6-8-17)14(15)16/h2-4,9,13H,5-8,10H2,1H3,(H3,15,16). The molecule has 1 fully saturated rings. The first-order valence-electron chi connectivity index (χ1n) is 6.27. The quantitative estimate of drug-likeness (QED) is 0.618. The molecule has 0 spiro atoms. The molecule has 1 aliphatic rings. The van der Waals surface area contributed by atoms with Crippen LogP contribution in [-0.2, 0) is 6.54 Å². The molecule has 0 saturated carbocycles. The van der Waals surface area contributed by atoms with Crippen LogP contribution in [0.15, 0.2) is 24.3 Å². The van der Waals surface area contributed by atoms with Gasteiger partial charge in [0.15, 0.2) is 0 Å². The average molecular weight is 231 g/mol. The second-order valence-corrected chi connectivity index (χ2v) is 4.99. The van der Waals surface area contributed by atoms with Gasteiger partial charge >= 0.3 is 0 Å². The molecule has 2 rings (SSSR count). The van der Waals surface area contributed by atoms with Crippen molar-refractivity contribution in [3.63, 3.8) is 0 Å². The van der Waals surface area contributed by atoms with E-state index in [0.29, 0.717) is 11.8 Å². The Kier molecular flexibility index (Phi) is 3.79. The lowest BCUT2D eigenvalue weighted by Crippen LogP contribution is -2.37. The van der Waals surface area contributed by atoms with Gasteiger partial charge in [0, 0.05) is 12.5 Å². The molecule has 1 aromatic carbocycles. The molecule has 0 amide bonds. The van der Waals surface area contributed by atoms with Gasteiger partial charge in [0.05, 0.1) is 5.84 Å². The summed E-state index contributed by atoms with van der Waals surface area (Å²) in [5.41, 5.74) is 8.25. The lowest BCUT2D eigenvalue weighted by Gasteiger charge is -2.31. The van der Waals surface area contributed by atoms with Gasteiger partial charge in [-0.15, -0.1) is 0 Å². The minimum absolute atomic E-state index is 0.309. The molecule has 3 heteroatoms. The van der Waals surface area contributed by atoms with Gasteiger partial charge in [0.2, 0.25) is 0 Å². The molecule has 3 N–H and O–H groups in total. The molecular weight excluding hydrogens is 210 g/mol. The Morgan fingerprint density at radius 1 is 1.41 bits per heavy atom. The maximum absolute atomic E-state index is 7.46. The van der Waals surface area contributed by atoms with E-state index in [4.69, 9.17) is 11.1 Å². The SMILES string of the molecule is Cc1cccc(CN2CCC(C(=N)N)CC2)c1. The molecule has 3 nitrogen and oxygen atoms in total. The zero-order chi connectivity index (χ0) is 12.3. The average Bonchev–Trinajstić information content (AvgIpc) is 2.29. The van der Waals surface area contributed by atoms with Gasteiger partial charge in [-0.25, -0.2) is 0 Å². The van der Waals surface area contributed by atoms with Gasteiger partial charge in [0.25, 0.3) is 0 Å². The smallest absolute Gasteiger partial charge is 0.0937 e. The summed E-state index contributed by atoms with van der Waals surface area (Å²) in [7, 11) is 0. The first kappa shape index (κ1) is 12.1. The second-order valence-electron chi connectivity index (χ2n) is 4.99. The predicted octanol–water partition coefficient (Wildman–Crippen LogP) is 2.14. The summed E-state index contributed by atoms with van der Waals surface area (Å²) in [4.78, 5) is 2.45. The van der Waals surface area contributed by atoms with Crippen molar-refractivity contribution in [2.24, 2.45) is 11.7 Å². The lowest BCUT2D eigenvalue weighted by atomic mass is 9.95. The highest BCUT2D eigenvalue weighted by Crippen LogP contribution is 2.18. The number of amidine groups is 1. The number of likely N-dealkylation sites (tertiary alicyclic amines) is 1. The number of nitrogens with zero attached hydrogens (tertiary/aromatic N) is 1. The van der Waals surface area contributed by atoms with E-state index in [2.05, 4.69) is 36.1 Å². The molecule has 0 aliphatic carbocycles. The Morgan fingerprint density at radius 3 is 2.71 bits per heavy atom. The van der Waals surface area contributed by atoms with Gasteiger partial charge in [-0.3, -0.25) is 10.3 Å². The summed E-state index contributed by atoms with van der Waals surface area (Å²) < 4.78 is 0. The molecule has 1 aromatic rings. The summed E-state index contributed by atoms with van der Waals surface area (Å²) in [6.07, 6.45) is 2.06. The molecule has 17 heavy (non-hydrogen) atoms. The van der Waals surface area contributed by atoms with E-state index in [-0.39, 0.29) is 0 Å². The van der Waals surface area contributed by atoms with Crippen LogP contribution < -0.4 is 5.73 Å². The number of rotatable bonds is 3. The Labute approximate surface area is 103 Å². The zero-order valence-electron chi connectivity index (χ0n) is 10.4. The molecule has 1 heterocycles. The number of hydrogen-bond donors (Lipinski definition) is 2. The van der Waals surface area contributed by atoms with Gasteiger partial charge in [-0.2, -0.15) is 0 Å². The Morgan fingerprint density at radius 2 is 2.12 bits per heavy atom. The normalized spacial score (nSPS) is 18.2. The van der Waals surface area contributed by atoms with Crippen molar-refractivity contribution in [2.45, 2.75) is 26.3 Å². The third-order valence-corrected chi connectivity index (χ3v) is 3.52. The summed E-state index contributed by atoms with van der Waals surface area (Å²) >= 11 is 0. The molecule has 0 radical (unpaired) electrons. The summed E-state index contributed by atoms with van der Waals surface area (Å²) in [6, 6.07) is 8.68. The third-order valence-electron chi connectivity index (χ3n) is 3.52. The van der Waals surface area contributed by atoms with E-state index < -0.39 is 0 Å². The summed E-state index contributed by atoms with van der Waals surface area (Å²) in [6.45, 7) is 5.26. The highest BCUT2D eigenvalue weighted by Gasteiger charge is 2.20. The molecule has 1 saturated heterocycles. The van der Waals surface area contributed by atoms with Gasteiger partial charge < -0.3 is 5.73 Å². The van der Waals surface area contributed by atoms with E-state index >= 15 is 0 Å². The minimum Gasteiger partial charge on any atom is -0.387 e. The summed E-state index contributed by atoms with van der Waals surface area (Å²) in [5, 5.41) is 7.46. The fourth-order valence-electron chi connectivity index (χ4n) is 2.47. The van der Waals surface area contributed by atoms with Crippen molar-refractivity contribution in [2.75, 3.05) is 13.1 Å². The van der Waals surface area contributed by atoms with Crippen LogP contribution in [-0.4, -0.2) is 23.8 Å². The van der Waals surface area contributed by atoms with Crippen LogP contribution in [0.2, 0.25) is 0 Å². The van der Waals surface area contributed by atoms with Crippen LogP contribution in [0, 0.1) is 18.3 Å². The van der Waals surface area contributed by atoms with Gasteiger partial charge in [0.1, 0.15) is 0 Å². The topological polar surface area (TPSA) is 53.1 Å². The predicted molar refractivity (Wildman–Crippen MR) is 71.1 cm³/mol. The number of piperidine rings is 1. The number of aryl methyl sites for hydroxylation is 1. The zero-order valence-corrected chi connectivity index (χ0v) is 10.4. The number of nitrogens with one attached hydrogen (secondary N) is 1. The van der Waals surface area contributed by atoms with Crippen molar-refractivity contribution in [1.82, 2.24) is 4.90 Å². The van der Waals surface area contributed by atoms with Crippen LogP contribution in [0.5, 0.6) is 0 Å². The van der Waals surface area contributed by atoms with Crippen molar-refractivity contribution in [3.05, 3.63) is 35.4 Å². The summed E-state index contributed by atoms with van der Waals surface area (Å²) in [5.74, 6) is 0.670. The second kappa shape index (κ2) is 5.32. The van der Waals surface area contributed by atoms with Crippen LogP contribution in [0.3, 0.4) is 0 Å². The monoisotopic (exact) mass is 231 g/mol. The maximum atomic E-state index is 7.46. The van der Waals surface area contributed by atoms with Gasteiger partial charge in [-0.1, -0.05) is 29.8 Å².